The van der Waals surface area contributed by atoms with Gasteiger partial charge in [-0.15, -0.1) is 0 Å². The molecule has 3 rings (SSSR count). The summed E-state index contributed by atoms with van der Waals surface area (Å²) in [7, 11) is 0. The number of halogens is 2. The Labute approximate surface area is 135 Å². The van der Waals surface area contributed by atoms with Crippen molar-refractivity contribution in [1.29, 1.82) is 0 Å². The highest BCUT2D eigenvalue weighted by molar-refractivity contribution is 14.1. The third kappa shape index (κ3) is 1.68. The summed E-state index contributed by atoms with van der Waals surface area (Å²) in [6.45, 7) is 9.27. The first-order valence-corrected chi connectivity index (χ1v) is 8.18. The molecule has 0 aliphatic carbocycles. The highest BCUT2D eigenvalue weighted by atomic mass is 127. The first kappa shape index (κ1) is 13.6. The van der Waals surface area contributed by atoms with Crippen LogP contribution in [0.5, 0.6) is 0 Å². The van der Waals surface area contributed by atoms with E-state index in [2.05, 4.69) is 94.2 Å². The molecule has 0 N–H and O–H groups in total. The predicted octanol–water partition coefficient (Wildman–Crippen LogP) is 4.81. The number of rotatable bonds is 0. The Kier molecular flexibility index (Phi) is 2.92. The minimum Gasteiger partial charge on any atom is -0.236 e. The van der Waals surface area contributed by atoms with Gasteiger partial charge in [0.25, 0.3) is 0 Å². The van der Waals surface area contributed by atoms with E-state index < -0.39 is 0 Å². The van der Waals surface area contributed by atoms with E-state index in [9.17, 15) is 0 Å². The highest BCUT2D eigenvalue weighted by Gasteiger charge is 2.48. The lowest BCUT2D eigenvalue weighted by Gasteiger charge is -2.47. The summed E-state index contributed by atoms with van der Waals surface area (Å²) in [4.78, 5) is 0. The molecule has 0 radical (unpaired) electrons. The van der Waals surface area contributed by atoms with Gasteiger partial charge in [0.1, 0.15) is 0 Å². The molecule has 2 aromatic rings. The summed E-state index contributed by atoms with van der Waals surface area (Å²) >= 11 is 5.99. The molecular weight excluding hydrogens is 415 g/mol. The summed E-state index contributed by atoms with van der Waals surface area (Å²) in [5.74, 6) is 0. The molecule has 0 spiro atoms. The third-order valence-corrected chi connectivity index (χ3v) is 6.02. The molecule has 0 fully saturated rings. The minimum absolute atomic E-state index is 0.0355. The Balaban J connectivity index is 2.44. The molecule has 1 aliphatic heterocycles. The first-order valence-electron chi connectivity index (χ1n) is 6.31. The number of hydrogen-bond acceptors (Lipinski definition) is 1. The Hall–Kier alpha value is -0.360. The predicted molar refractivity (Wildman–Crippen MR) is 90.0 cm³/mol. The van der Waals surface area contributed by atoms with Gasteiger partial charge in [-0.25, -0.2) is 4.68 Å². The zero-order chi connectivity index (χ0) is 14.0. The van der Waals surface area contributed by atoms with E-state index in [-0.39, 0.29) is 10.8 Å². The lowest BCUT2D eigenvalue weighted by Crippen LogP contribution is -2.46. The van der Waals surface area contributed by atoms with Gasteiger partial charge in [0.05, 0.1) is 21.1 Å². The summed E-state index contributed by atoms with van der Waals surface area (Å²) in [5, 5.41) is 4.58. The van der Waals surface area contributed by atoms with E-state index in [1.54, 1.807) is 0 Å². The molecule has 0 unspecified atom stereocenters. The van der Waals surface area contributed by atoms with E-state index in [0.717, 1.165) is 4.47 Å². The van der Waals surface area contributed by atoms with Crippen molar-refractivity contribution in [3.8, 4) is 5.69 Å². The lowest BCUT2D eigenvalue weighted by molar-refractivity contribution is 0.274. The topological polar surface area (TPSA) is 17.8 Å². The van der Waals surface area contributed by atoms with E-state index in [1.165, 1.54) is 20.5 Å². The molecule has 1 aromatic heterocycles. The van der Waals surface area contributed by atoms with Crippen molar-refractivity contribution in [3.05, 3.63) is 43.7 Å². The molecule has 4 heteroatoms. The van der Waals surface area contributed by atoms with Crippen molar-refractivity contribution in [2.75, 3.05) is 0 Å². The Morgan fingerprint density at radius 2 is 1.84 bits per heavy atom. The summed E-state index contributed by atoms with van der Waals surface area (Å²) in [6.07, 6.45) is 1.96. The van der Waals surface area contributed by atoms with Gasteiger partial charge in [-0.2, -0.15) is 5.10 Å². The van der Waals surface area contributed by atoms with Crippen molar-refractivity contribution in [2.24, 2.45) is 0 Å². The quantitative estimate of drug-likeness (QED) is 0.548. The van der Waals surface area contributed by atoms with E-state index in [0.29, 0.717) is 0 Å². The number of benzene rings is 1. The van der Waals surface area contributed by atoms with Gasteiger partial charge in [0.15, 0.2) is 0 Å². The molecule has 0 saturated heterocycles. The fourth-order valence-corrected chi connectivity index (χ4v) is 4.29. The maximum atomic E-state index is 4.58. The van der Waals surface area contributed by atoms with Crippen LogP contribution in [0.1, 0.15) is 39.0 Å². The molecule has 100 valence electrons. The van der Waals surface area contributed by atoms with Gasteiger partial charge in [-0.1, -0.05) is 43.6 Å². The van der Waals surface area contributed by atoms with Crippen molar-refractivity contribution in [3.63, 3.8) is 0 Å². The van der Waals surface area contributed by atoms with Gasteiger partial charge in [-0.05, 0) is 46.4 Å². The molecule has 0 saturated carbocycles. The number of hydrogen-bond donors (Lipinski definition) is 0. The van der Waals surface area contributed by atoms with Crippen molar-refractivity contribution >= 4 is 38.5 Å². The second-order valence-electron chi connectivity index (χ2n) is 6.16. The fourth-order valence-electron chi connectivity index (χ4n) is 2.90. The number of aromatic nitrogens is 2. The van der Waals surface area contributed by atoms with Gasteiger partial charge in [-0.3, -0.25) is 0 Å². The third-order valence-electron chi connectivity index (χ3n) is 4.74. The van der Waals surface area contributed by atoms with Gasteiger partial charge in [0.2, 0.25) is 0 Å². The molecule has 0 amide bonds. The van der Waals surface area contributed by atoms with Crippen LogP contribution >= 0.6 is 38.5 Å². The van der Waals surface area contributed by atoms with Crippen molar-refractivity contribution < 1.29 is 0 Å². The second-order valence-corrected chi connectivity index (χ2v) is 8.24. The smallest absolute Gasteiger partial charge is 0.0688 e. The molecule has 1 aromatic carbocycles. The normalized spacial score (nSPS) is 18.8. The maximum absolute atomic E-state index is 4.58. The van der Waals surface area contributed by atoms with Crippen LogP contribution < -0.4 is 0 Å². The SMILES string of the molecule is CC1(C)c2cc(Br)ccc2-n2ncc(I)c2C1(C)C. The van der Waals surface area contributed by atoms with Crippen molar-refractivity contribution in [2.45, 2.75) is 38.5 Å². The van der Waals surface area contributed by atoms with Gasteiger partial charge < -0.3 is 0 Å². The molecule has 2 heterocycles. The molecule has 1 aliphatic rings. The van der Waals surface area contributed by atoms with E-state index >= 15 is 0 Å². The van der Waals surface area contributed by atoms with Crippen LogP contribution in [-0.4, -0.2) is 9.78 Å². The van der Waals surface area contributed by atoms with Crippen LogP contribution in [0, 0.1) is 3.57 Å². The second kappa shape index (κ2) is 4.07. The summed E-state index contributed by atoms with van der Waals surface area (Å²) in [6, 6.07) is 6.48. The zero-order valence-electron chi connectivity index (χ0n) is 11.5. The molecule has 0 atom stereocenters. The lowest BCUT2D eigenvalue weighted by atomic mass is 9.60. The minimum atomic E-state index is 0.0355. The number of nitrogens with zero attached hydrogens (tertiary/aromatic N) is 2. The van der Waals surface area contributed by atoms with Crippen LogP contribution in [0.2, 0.25) is 0 Å². The van der Waals surface area contributed by atoms with Crippen LogP contribution in [-0.2, 0) is 10.8 Å². The Morgan fingerprint density at radius 3 is 2.53 bits per heavy atom. The molecule has 19 heavy (non-hydrogen) atoms. The van der Waals surface area contributed by atoms with E-state index in [1.807, 2.05) is 6.20 Å². The fraction of sp³-hybridized carbons (Fsp3) is 0.400. The van der Waals surface area contributed by atoms with Gasteiger partial charge in [0, 0.05) is 15.3 Å². The molecule has 0 bridgehead atoms. The van der Waals surface area contributed by atoms with E-state index in [4.69, 9.17) is 0 Å². The Morgan fingerprint density at radius 1 is 1.16 bits per heavy atom. The summed E-state index contributed by atoms with van der Waals surface area (Å²) < 4.78 is 4.47. The average molecular weight is 431 g/mol. The van der Waals surface area contributed by atoms with Crippen LogP contribution in [0.15, 0.2) is 28.9 Å². The maximum Gasteiger partial charge on any atom is 0.0688 e. The standard InChI is InChI=1S/C15H16BrIN2/c1-14(2)10-7-9(16)5-6-12(10)19-13(15(14,3)4)11(17)8-18-19/h5-8H,1-4H3. The average Bonchev–Trinajstić information content (AvgIpc) is 2.70. The molecular formula is C15H16BrIN2. The highest BCUT2D eigenvalue weighted by Crippen LogP contribution is 2.51. The number of fused-ring (bicyclic) bond motifs is 3. The largest absolute Gasteiger partial charge is 0.236 e. The zero-order valence-corrected chi connectivity index (χ0v) is 15.2. The van der Waals surface area contributed by atoms with Crippen LogP contribution in [0.3, 0.4) is 0 Å². The monoisotopic (exact) mass is 430 g/mol. The Bertz CT molecular complexity index is 671. The van der Waals surface area contributed by atoms with Gasteiger partial charge >= 0.3 is 0 Å². The summed E-state index contributed by atoms with van der Waals surface area (Å²) in [5.41, 5.74) is 3.95. The van der Waals surface area contributed by atoms with Crippen LogP contribution in [0.25, 0.3) is 5.69 Å². The van der Waals surface area contributed by atoms with Crippen LogP contribution in [0.4, 0.5) is 0 Å². The van der Waals surface area contributed by atoms with Crippen molar-refractivity contribution in [1.82, 2.24) is 9.78 Å². The molecule has 2 nitrogen and oxygen atoms in total. The first-order chi connectivity index (χ1) is 8.76.